The van der Waals surface area contributed by atoms with Crippen molar-refractivity contribution in [2.75, 3.05) is 0 Å². The highest BCUT2D eigenvalue weighted by molar-refractivity contribution is 5.88. The van der Waals surface area contributed by atoms with Crippen molar-refractivity contribution < 1.29 is 4.79 Å². The molecule has 2 unspecified atom stereocenters. The van der Waals surface area contributed by atoms with Gasteiger partial charge in [-0.1, -0.05) is 19.3 Å². The molecular formula is C19H27N5O. The first-order chi connectivity index (χ1) is 11.8. The smallest absolute Gasteiger partial charge is 0.246 e. The van der Waals surface area contributed by atoms with E-state index >= 15 is 0 Å². The van der Waals surface area contributed by atoms with Crippen LogP contribution in [0.1, 0.15) is 65.7 Å². The van der Waals surface area contributed by atoms with Crippen molar-refractivity contribution in [1.29, 1.82) is 10.5 Å². The predicted molar refractivity (Wildman–Crippen MR) is 93.7 cm³/mol. The van der Waals surface area contributed by atoms with Crippen LogP contribution in [0.25, 0.3) is 0 Å². The normalized spacial score (nSPS) is 30.5. The van der Waals surface area contributed by atoms with Gasteiger partial charge in [-0.15, -0.1) is 0 Å². The van der Waals surface area contributed by atoms with Crippen molar-refractivity contribution >= 4 is 5.91 Å². The largest absolute Gasteiger partial charge is 0.368 e. The molecule has 0 radical (unpaired) electrons. The van der Waals surface area contributed by atoms with Gasteiger partial charge in [-0.25, -0.2) is 0 Å². The summed E-state index contributed by atoms with van der Waals surface area (Å²) in [5.74, 6) is 0.0153. The fraction of sp³-hybridized carbons (Fsp3) is 0.737. The van der Waals surface area contributed by atoms with Gasteiger partial charge < -0.3 is 16.0 Å². The molecule has 0 bridgehead atoms. The maximum atomic E-state index is 13.4. The summed E-state index contributed by atoms with van der Waals surface area (Å²) >= 11 is 0. The molecule has 3 aliphatic rings. The minimum Gasteiger partial charge on any atom is -0.368 e. The van der Waals surface area contributed by atoms with Crippen LogP contribution in [0.15, 0.2) is 11.4 Å². The Balaban J connectivity index is 2.11. The predicted octanol–water partition coefficient (Wildman–Crippen LogP) is 2.20. The molecule has 3 rings (SSSR count). The highest BCUT2D eigenvalue weighted by atomic mass is 16.2. The molecule has 6 nitrogen and oxygen atoms in total. The molecule has 0 aromatic rings. The number of amides is 1. The number of fused-ring (bicyclic) bond motifs is 2. The van der Waals surface area contributed by atoms with E-state index in [2.05, 4.69) is 28.1 Å². The Morgan fingerprint density at radius 2 is 1.68 bits per heavy atom. The molecule has 1 aliphatic heterocycles. The van der Waals surface area contributed by atoms with Crippen LogP contribution < -0.4 is 16.0 Å². The first-order valence-corrected chi connectivity index (χ1v) is 9.20. The van der Waals surface area contributed by atoms with Crippen LogP contribution in [0.2, 0.25) is 0 Å². The number of hydrogen-bond acceptors (Lipinski definition) is 5. The first-order valence-electron chi connectivity index (χ1n) is 9.20. The lowest BCUT2D eigenvalue weighted by Gasteiger charge is -2.44. The summed E-state index contributed by atoms with van der Waals surface area (Å²) in [6.07, 6.45) is 6.60. The van der Waals surface area contributed by atoms with Gasteiger partial charge in [0, 0.05) is 17.0 Å². The number of allylic oxidation sites excluding steroid dienone is 2. The summed E-state index contributed by atoms with van der Waals surface area (Å²) in [6.45, 7) is 5.90. The van der Waals surface area contributed by atoms with Gasteiger partial charge in [0.15, 0.2) is 0 Å². The highest BCUT2D eigenvalue weighted by Gasteiger charge is 2.60. The van der Waals surface area contributed by atoms with Crippen molar-refractivity contribution in [1.82, 2.24) is 16.0 Å². The van der Waals surface area contributed by atoms with Gasteiger partial charge in [0.1, 0.15) is 29.1 Å². The lowest BCUT2D eigenvalue weighted by molar-refractivity contribution is -0.131. The van der Waals surface area contributed by atoms with Crippen LogP contribution >= 0.6 is 0 Å². The lowest BCUT2D eigenvalue weighted by atomic mass is 9.71. The topological polar surface area (TPSA) is 101 Å². The number of nitrogens with zero attached hydrogens (tertiary/aromatic N) is 2. The number of nitrogens with one attached hydrogen (secondary N) is 3. The Labute approximate surface area is 149 Å². The van der Waals surface area contributed by atoms with Crippen LogP contribution in [-0.2, 0) is 4.79 Å². The third kappa shape index (κ3) is 2.84. The Hall–Kier alpha value is -2.21. The van der Waals surface area contributed by atoms with E-state index in [4.69, 9.17) is 0 Å². The van der Waals surface area contributed by atoms with Crippen LogP contribution in [0.4, 0.5) is 0 Å². The van der Waals surface area contributed by atoms with E-state index in [1.807, 2.05) is 20.8 Å². The van der Waals surface area contributed by atoms with Gasteiger partial charge in [0.25, 0.3) is 0 Å². The van der Waals surface area contributed by atoms with E-state index in [9.17, 15) is 15.3 Å². The number of carbonyl (C=O) groups is 1. The summed E-state index contributed by atoms with van der Waals surface area (Å²) in [6, 6.07) is 4.25. The first kappa shape index (κ1) is 17.6. The summed E-state index contributed by atoms with van der Waals surface area (Å²) < 4.78 is 0. The number of carbonyl (C=O) groups excluding carboxylic acids is 1. The third-order valence-electron chi connectivity index (χ3n) is 5.91. The second-order valence-electron chi connectivity index (χ2n) is 8.71. The van der Waals surface area contributed by atoms with Gasteiger partial charge in [0.05, 0.1) is 0 Å². The molecule has 2 atom stereocenters. The van der Waals surface area contributed by atoms with E-state index in [0.717, 1.165) is 38.5 Å². The van der Waals surface area contributed by atoms with Crippen LogP contribution in [-0.4, -0.2) is 22.5 Å². The second kappa shape index (κ2) is 5.95. The van der Waals surface area contributed by atoms with E-state index in [0.29, 0.717) is 6.42 Å². The van der Waals surface area contributed by atoms with E-state index in [1.165, 1.54) is 0 Å². The van der Waals surface area contributed by atoms with Gasteiger partial charge in [0.2, 0.25) is 5.91 Å². The summed E-state index contributed by atoms with van der Waals surface area (Å²) in [5.41, 5.74) is -0.974. The number of nitriles is 2. The average molecular weight is 341 g/mol. The molecule has 1 heterocycles. The Morgan fingerprint density at radius 3 is 2.24 bits per heavy atom. The molecular weight excluding hydrogens is 314 g/mol. The molecule has 1 amide bonds. The summed E-state index contributed by atoms with van der Waals surface area (Å²) in [4.78, 5) is 13.4. The molecule has 0 saturated heterocycles. The molecule has 1 spiro atoms. The molecule has 3 N–H and O–H groups in total. The van der Waals surface area contributed by atoms with Crippen molar-refractivity contribution in [3.63, 3.8) is 0 Å². The standard InChI is InChI=1S/C19H27N5O/c1-17(2,3)24-16(25)19-10-6-7-15(19)18(8-4-5-9-18)22-13(11-20)14(12-21)23-19/h15,22-23H,4-10H2,1-3H3,(H,24,25). The zero-order valence-electron chi connectivity index (χ0n) is 15.3. The van der Waals surface area contributed by atoms with Crippen LogP contribution in [0.5, 0.6) is 0 Å². The Bertz CT molecular complexity index is 684. The third-order valence-corrected chi connectivity index (χ3v) is 5.91. The van der Waals surface area contributed by atoms with Crippen molar-refractivity contribution in [2.45, 2.75) is 82.3 Å². The van der Waals surface area contributed by atoms with Gasteiger partial charge in [-0.05, 0) is 46.5 Å². The minimum atomic E-state index is -0.825. The second-order valence-corrected chi connectivity index (χ2v) is 8.71. The molecule has 0 aromatic heterocycles. The van der Waals surface area contributed by atoms with Crippen molar-refractivity contribution in [2.24, 2.45) is 5.92 Å². The molecule has 25 heavy (non-hydrogen) atoms. The highest BCUT2D eigenvalue weighted by Crippen LogP contribution is 2.51. The van der Waals surface area contributed by atoms with Crippen molar-refractivity contribution in [3.8, 4) is 12.1 Å². The minimum absolute atomic E-state index is 0.0532. The maximum absolute atomic E-state index is 13.4. The molecule has 6 heteroatoms. The van der Waals surface area contributed by atoms with E-state index in [1.54, 1.807) is 0 Å². The monoisotopic (exact) mass is 341 g/mol. The van der Waals surface area contributed by atoms with E-state index < -0.39 is 5.54 Å². The molecule has 2 fully saturated rings. The molecule has 0 aromatic carbocycles. The fourth-order valence-electron chi connectivity index (χ4n) is 5.02. The molecule has 2 aliphatic carbocycles. The van der Waals surface area contributed by atoms with Gasteiger partial charge in [-0.3, -0.25) is 4.79 Å². The zero-order chi connectivity index (χ0) is 18.3. The van der Waals surface area contributed by atoms with Crippen LogP contribution in [0, 0.1) is 28.6 Å². The van der Waals surface area contributed by atoms with Gasteiger partial charge >= 0.3 is 0 Å². The molecule has 2 saturated carbocycles. The van der Waals surface area contributed by atoms with Gasteiger partial charge in [-0.2, -0.15) is 10.5 Å². The van der Waals surface area contributed by atoms with Crippen LogP contribution in [0.3, 0.4) is 0 Å². The molecule has 134 valence electrons. The SMILES string of the molecule is CC(C)(C)NC(=O)C12CCCC1C1(CCCC1)NC(C#N)=C(C#N)N2. The summed E-state index contributed by atoms with van der Waals surface area (Å²) in [7, 11) is 0. The lowest BCUT2D eigenvalue weighted by Crippen LogP contribution is -2.66. The zero-order valence-corrected chi connectivity index (χ0v) is 15.3. The number of rotatable bonds is 1. The van der Waals surface area contributed by atoms with E-state index in [-0.39, 0.29) is 34.3 Å². The Morgan fingerprint density at radius 1 is 1.08 bits per heavy atom. The fourth-order valence-corrected chi connectivity index (χ4v) is 5.02. The number of hydrogen-bond donors (Lipinski definition) is 3. The summed E-state index contributed by atoms with van der Waals surface area (Å²) in [5, 5.41) is 28.9. The average Bonchev–Trinajstić information content (AvgIpc) is 3.14. The van der Waals surface area contributed by atoms with Crippen molar-refractivity contribution in [3.05, 3.63) is 11.4 Å². The maximum Gasteiger partial charge on any atom is 0.246 e. The quantitative estimate of drug-likeness (QED) is 0.679. The Kier molecular flexibility index (Phi) is 4.19.